The van der Waals surface area contributed by atoms with Crippen molar-refractivity contribution in [3.63, 3.8) is 0 Å². The van der Waals surface area contributed by atoms with E-state index in [0.29, 0.717) is 4.90 Å². The molecule has 0 aliphatic carbocycles. The Labute approximate surface area is 105 Å². The van der Waals surface area contributed by atoms with Crippen LogP contribution in [0.5, 0.6) is 0 Å². The summed E-state index contributed by atoms with van der Waals surface area (Å²) >= 11 is 0. The Hall–Kier alpha value is -0.526. The molecule has 0 aromatic carbocycles. The first kappa shape index (κ1) is 15.9. The Morgan fingerprint density at radius 2 is 1.00 bits per heavy atom. The summed E-state index contributed by atoms with van der Waals surface area (Å²) in [5.74, 6) is -4.70. The monoisotopic (exact) mass is 277 g/mol. The molecule has 0 aromatic rings. The molecule has 0 aromatic heterocycles. The zero-order chi connectivity index (χ0) is 10.4. The zero-order valence-corrected chi connectivity index (χ0v) is 9.93. The zero-order valence-electron chi connectivity index (χ0n) is 7.10. The minimum atomic E-state index is -1.57. The Balaban J connectivity index is 0. The molecular weight excluding hydrogens is 271 g/mol. The van der Waals surface area contributed by atoms with Gasteiger partial charge in [-0.25, -0.2) is 0 Å². The second kappa shape index (κ2) is 7.84. The second-order valence-corrected chi connectivity index (χ2v) is 2.26. The van der Waals surface area contributed by atoms with Crippen molar-refractivity contribution in [2.75, 3.05) is 19.6 Å². The van der Waals surface area contributed by atoms with Gasteiger partial charge in [0, 0.05) is 19.6 Å². The molecule has 0 aliphatic rings. The van der Waals surface area contributed by atoms with E-state index in [9.17, 15) is 29.7 Å². The molecule has 0 atom stereocenters. The van der Waals surface area contributed by atoms with Gasteiger partial charge in [-0.05, 0) is 0 Å². The molecule has 0 saturated carbocycles. The SMILES string of the molecule is O=C([O-])CN(CC(=O)[O-])CC(=O)[O-].[Y+3]. The predicted molar refractivity (Wildman–Crippen MR) is 31.5 cm³/mol. The van der Waals surface area contributed by atoms with Gasteiger partial charge in [0.05, 0.1) is 17.9 Å². The molecule has 0 fully saturated rings. The van der Waals surface area contributed by atoms with Crippen molar-refractivity contribution in [1.29, 1.82) is 0 Å². The van der Waals surface area contributed by atoms with Crippen molar-refractivity contribution in [1.82, 2.24) is 4.90 Å². The normalized spacial score (nSPS) is 9.21. The van der Waals surface area contributed by atoms with E-state index in [1.807, 2.05) is 0 Å². The fourth-order valence-electron chi connectivity index (χ4n) is 0.715. The van der Waals surface area contributed by atoms with Gasteiger partial charge in [-0.1, -0.05) is 0 Å². The van der Waals surface area contributed by atoms with Crippen molar-refractivity contribution < 1.29 is 62.4 Å². The van der Waals surface area contributed by atoms with Crippen LogP contribution < -0.4 is 15.3 Å². The molecule has 0 radical (unpaired) electrons. The standard InChI is InChI=1S/C6H9NO6.Y/c8-4(9)1-7(2-5(10)11)3-6(12)13;/h1-3H2,(H,8,9)(H,10,11)(H,12,13);/q;+3/p-3. The Kier molecular flexibility index (Phi) is 8.92. The van der Waals surface area contributed by atoms with E-state index in [1.165, 1.54) is 0 Å². The number of carboxylic acids is 3. The third-order valence-electron chi connectivity index (χ3n) is 1.06. The minimum Gasteiger partial charge on any atom is -0.549 e. The molecule has 7 nitrogen and oxygen atoms in total. The summed E-state index contributed by atoms with van der Waals surface area (Å²) < 4.78 is 0. The van der Waals surface area contributed by atoms with Gasteiger partial charge in [-0.2, -0.15) is 0 Å². The summed E-state index contributed by atoms with van der Waals surface area (Å²) in [6.45, 7) is -2.37. The van der Waals surface area contributed by atoms with Crippen LogP contribution in [-0.4, -0.2) is 42.4 Å². The number of carbonyl (C=O) groups is 3. The third kappa shape index (κ3) is 9.56. The number of hydrogen-bond acceptors (Lipinski definition) is 7. The maximum atomic E-state index is 9.99. The summed E-state index contributed by atoms with van der Waals surface area (Å²) in [7, 11) is 0. The summed E-state index contributed by atoms with van der Waals surface area (Å²) in [6.07, 6.45) is 0. The van der Waals surface area contributed by atoms with E-state index in [2.05, 4.69) is 0 Å². The molecule has 0 rings (SSSR count). The van der Waals surface area contributed by atoms with E-state index < -0.39 is 37.5 Å². The summed E-state index contributed by atoms with van der Waals surface area (Å²) in [6, 6.07) is 0. The Morgan fingerprint density at radius 3 is 1.14 bits per heavy atom. The predicted octanol–water partition coefficient (Wildman–Crippen LogP) is -5.46. The van der Waals surface area contributed by atoms with Crippen LogP contribution in [0.25, 0.3) is 0 Å². The van der Waals surface area contributed by atoms with Crippen LogP contribution in [0.1, 0.15) is 0 Å². The van der Waals surface area contributed by atoms with Gasteiger partial charge in [0.15, 0.2) is 0 Å². The number of hydrogen-bond donors (Lipinski definition) is 0. The summed E-state index contributed by atoms with van der Waals surface area (Å²) in [5.41, 5.74) is 0. The third-order valence-corrected chi connectivity index (χ3v) is 1.06. The minimum absolute atomic E-state index is 0. The molecule has 0 heterocycles. The van der Waals surface area contributed by atoms with E-state index in [4.69, 9.17) is 0 Å². The maximum absolute atomic E-state index is 9.99. The van der Waals surface area contributed by atoms with Crippen molar-refractivity contribution in [3.05, 3.63) is 0 Å². The molecule has 74 valence electrons. The van der Waals surface area contributed by atoms with Crippen LogP contribution in [0.4, 0.5) is 0 Å². The van der Waals surface area contributed by atoms with Crippen molar-refractivity contribution >= 4 is 17.9 Å². The number of nitrogens with zero attached hydrogens (tertiary/aromatic N) is 1. The molecule has 0 aliphatic heterocycles. The first-order valence-corrected chi connectivity index (χ1v) is 3.23. The topological polar surface area (TPSA) is 124 Å². The van der Waals surface area contributed by atoms with E-state index in [-0.39, 0.29) is 32.7 Å². The summed E-state index contributed by atoms with van der Waals surface area (Å²) in [4.78, 5) is 30.6. The molecule has 0 spiro atoms. The molecular formula is C6H6NO6Y. The van der Waals surface area contributed by atoms with Crippen molar-refractivity contribution in [2.24, 2.45) is 0 Å². The number of rotatable bonds is 6. The molecule has 0 saturated heterocycles. The molecule has 0 bridgehead atoms. The molecule has 8 heteroatoms. The van der Waals surface area contributed by atoms with Gasteiger partial charge >= 0.3 is 32.7 Å². The average Bonchev–Trinajstić information content (AvgIpc) is 1.80. The van der Waals surface area contributed by atoms with Crippen LogP contribution >= 0.6 is 0 Å². The number of carboxylic acid groups (broad SMARTS) is 3. The first-order chi connectivity index (χ1) is 5.91. The van der Waals surface area contributed by atoms with Crippen LogP contribution in [0.15, 0.2) is 0 Å². The fraction of sp³-hybridized carbons (Fsp3) is 0.500. The van der Waals surface area contributed by atoms with Crippen LogP contribution in [-0.2, 0) is 47.1 Å². The van der Waals surface area contributed by atoms with Crippen LogP contribution in [0, 0.1) is 0 Å². The van der Waals surface area contributed by atoms with Crippen LogP contribution in [0.3, 0.4) is 0 Å². The second-order valence-electron chi connectivity index (χ2n) is 2.26. The molecule has 0 amide bonds. The first-order valence-electron chi connectivity index (χ1n) is 3.23. The Morgan fingerprint density at radius 1 is 0.786 bits per heavy atom. The number of aliphatic carboxylic acids is 3. The van der Waals surface area contributed by atoms with E-state index in [0.717, 1.165) is 0 Å². The quantitative estimate of drug-likeness (QED) is 0.474. The average molecular weight is 277 g/mol. The number of carbonyl (C=O) groups excluding carboxylic acids is 3. The Bertz CT molecular complexity index is 192. The molecule has 0 N–H and O–H groups in total. The van der Waals surface area contributed by atoms with Crippen molar-refractivity contribution in [3.8, 4) is 0 Å². The van der Waals surface area contributed by atoms with Gasteiger partial charge in [0.25, 0.3) is 0 Å². The maximum Gasteiger partial charge on any atom is 3.00 e. The molecule has 0 unspecified atom stereocenters. The van der Waals surface area contributed by atoms with Gasteiger partial charge in [-0.3, -0.25) is 4.90 Å². The fourth-order valence-corrected chi connectivity index (χ4v) is 0.715. The van der Waals surface area contributed by atoms with E-state index >= 15 is 0 Å². The smallest absolute Gasteiger partial charge is 0.549 e. The van der Waals surface area contributed by atoms with Gasteiger partial charge in [0.1, 0.15) is 0 Å². The molecule has 14 heavy (non-hydrogen) atoms. The summed E-state index contributed by atoms with van der Waals surface area (Å²) in [5, 5.41) is 30.0. The van der Waals surface area contributed by atoms with Gasteiger partial charge in [-0.15, -0.1) is 0 Å². The van der Waals surface area contributed by atoms with Crippen LogP contribution in [0.2, 0.25) is 0 Å². The van der Waals surface area contributed by atoms with Gasteiger partial charge in [0.2, 0.25) is 0 Å². The van der Waals surface area contributed by atoms with Gasteiger partial charge < -0.3 is 29.7 Å². The largest absolute Gasteiger partial charge is 3.00 e. The van der Waals surface area contributed by atoms with Crippen molar-refractivity contribution in [2.45, 2.75) is 0 Å². The van der Waals surface area contributed by atoms with E-state index in [1.54, 1.807) is 0 Å².